The highest BCUT2D eigenvalue weighted by atomic mass is 35.7. The molecule has 0 aliphatic heterocycles. The van der Waals surface area contributed by atoms with Crippen molar-refractivity contribution >= 4 is 37.2 Å². The topological polar surface area (TPSA) is 54.5 Å². The Balaban J connectivity index is 2.35. The largest absolute Gasteiger partial charge is 0.336 e. The number of nitrogens with zero attached hydrogens (tertiary/aromatic N) is 1. The number of rotatable bonds is 5. The second-order valence-corrected chi connectivity index (χ2v) is 7.75. The van der Waals surface area contributed by atoms with E-state index in [0.717, 1.165) is 19.3 Å². The molecule has 1 aliphatic carbocycles. The Hall–Kier alpha value is -0.780. The number of amides is 1. The Morgan fingerprint density at radius 1 is 1.40 bits per heavy atom. The maximum Gasteiger partial charge on any atom is 0.262 e. The summed E-state index contributed by atoms with van der Waals surface area (Å²) in [4.78, 5) is 14.0. The second-order valence-electron chi connectivity index (χ2n) is 4.81. The molecule has 7 heteroatoms. The number of carbonyl (C=O) groups excluding carboxylic acids is 1. The van der Waals surface area contributed by atoms with Crippen molar-refractivity contribution in [2.24, 2.45) is 0 Å². The molecule has 0 heterocycles. The molecule has 1 aromatic rings. The minimum Gasteiger partial charge on any atom is -0.336 e. The van der Waals surface area contributed by atoms with E-state index in [2.05, 4.69) is 0 Å². The van der Waals surface area contributed by atoms with Gasteiger partial charge in [-0.05, 0) is 37.5 Å². The van der Waals surface area contributed by atoms with Crippen molar-refractivity contribution in [3.63, 3.8) is 0 Å². The van der Waals surface area contributed by atoms with Crippen molar-refractivity contribution in [1.29, 1.82) is 0 Å². The Morgan fingerprint density at radius 2 is 2.05 bits per heavy atom. The van der Waals surface area contributed by atoms with Crippen LogP contribution in [-0.4, -0.2) is 31.8 Å². The lowest BCUT2D eigenvalue weighted by molar-refractivity contribution is 0.0743. The third kappa shape index (κ3) is 3.45. The Morgan fingerprint density at radius 3 is 2.55 bits per heavy atom. The predicted molar refractivity (Wildman–Crippen MR) is 78.8 cm³/mol. The van der Waals surface area contributed by atoms with Crippen molar-refractivity contribution in [3.8, 4) is 0 Å². The smallest absolute Gasteiger partial charge is 0.262 e. The molecule has 1 saturated carbocycles. The van der Waals surface area contributed by atoms with Gasteiger partial charge in [-0.2, -0.15) is 0 Å². The van der Waals surface area contributed by atoms with Gasteiger partial charge in [-0.15, -0.1) is 0 Å². The number of hydrogen-bond donors (Lipinski definition) is 0. The van der Waals surface area contributed by atoms with Crippen LogP contribution < -0.4 is 0 Å². The lowest BCUT2D eigenvalue weighted by Crippen LogP contribution is -2.33. The van der Waals surface area contributed by atoms with E-state index in [4.69, 9.17) is 22.3 Å². The summed E-state index contributed by atoms with van der Waals surface area (Å²) in [6.07, 6.45) is 2.86. The number of halogens is 2. The van der Waals surface area contributed by atoms with Gasteiger partial charge in [0.25, 0.3) is 15.0 Å². The van der Waals surface area contributed by atoms with Crippen LogP contribution in [0, 0.1) is 0 Å². The molecule has 1 aliphatic rings. The zero-order valence-electron chi connectivity index (χ0n) is 11.0. The van der Waals surface area contributed by atoms with Crippen molar-refractivity contribution in [1.82, 2.24) is 4.90 Å². The summed E-state index contributed by atoms with van der Waals surface area (Å²) in [5.74, 6) is -0.174. The zero-order chi connectivity index (χ0) is 14.9. The van der Waals surface area contributed by atoms with Gasteiger partial charge < -0.3 is 4.90 Å². The summed E-state index contributed by atoms with van der Waals surface area (Å²) >= 11 is 5.81. The molecule has 0 unspecified atom stereocenters. The molecule has 2 rings (SSSR count). The van der Waals surface area contributed by atoms with Crippen LogP contribution in [0.25, 0.3) is 0 Å². The van der Waals surface area contributed by atoms with Crippen LogP contribution in [0.15, 0.2) is 23.1 Å². The highest BCUT2D eigenvalue weighted by molar-refractivity contribution is 8.13. The van der Waals surface area contributed by atoms with Crippen LogP contribution in [0.2, 0.25) is 5.02 Å². The fourth-order valence-corrected chi connectivity index (χ4v) is 3.56. The van der Waals surface area contributed by atoms with Gasteiger partial charge in [-0.1, -0.05) is 18.5 Å². The molecule has 0 radical (unpaired) electrons. The standard InChI is InChI=1S/C13H15Cl2NO3S/c1-2-7-16(10-4-5-10)13(17)9-3-6-11(14)12(8-9)20(15,18)19/h3,6,8,10H,2,4-5,7H2,1H3. The molecule has 0 aromatic heterocycles. The van der Waals surface area contributed by atoms with Crippen molar-refractivity contribution in [2.45, 2.75) is 37.1 Å². The SMILES string of the molecule is CCCN(C(=O)c1ccc(Cl)c(S(=O)(=O)Cl)c1)C1CC1. The van der Waals surface area contributed by atoms with Crippen molar-refractivity contribution in [3.05, 3.63) is 28.8 Å². The fraction of sp³-hybridized carbons (Fsp3) is 0.462. The lowest BCUT2D eigenvalue weighted by Gasteiger charge is -2.22. The van der Waals surface area contributed by atoms with E-state index in [1.807, 2.05) is 6.92 Å². The van der Waals surface area contributed by atoms with E-state index in [-0.39, 0.29) is 21.9 Å². The van der Waals surface area contributed by atoms with Crippen LogP contribution in [0.4, 0.5) is 0 Å². The van der Waals surface area contributed by atoms with E-state index in [1.165, 1.54) is 18.2 Å². The summed E-state index contributed by atoms with van der Waals surface area (Å²) in [7, 11) is 1.36. The Labute approximate surface area is 128 Å². The normalized spacial score (nSPS) is 15.2. The Bertz CT molecular complexity index is 627. The van der Waals surface area contributed by atoms with Gasteiger partial charge in [0.05, 0.1) is 5.02 Å². The van der Waals surface area contributed by atoms with Gasteiger partial charge in [0.2, 0.25) is 0 Å². The quantitative estimate of drug-likeness (QED) is 0.776. The summed E-state index contributed by atoms with van der Waals surface area (Å²) < 4.78 is 22.9. The molecule has 0 saturated heterocycles. The van der Waals surface area contributed by atoms with Gasteiger partial charge in [0.1, 0.15) is 4.90 Å². The van der Waals surface area contributed by atoms with E-state index >= 15 is 0 Å². The highest BCUT2D eigenvalue weighted by Crippen LogP contribution is 2.30. The molecule has 110 valence electrons. The summed E-state index contributed by atoms with van der Waals surface area (Å²) in [5, 5.41) is 0.0185. The van der Waals surface area contributed by atoms with E-state index in [9.17, 15) is 13.2 Å². The summed E-state index contributed by atoms with van der Waals surface area (Å²) in [5.41, 5.74) is 0.300. The van der Waals surface area contributed by atoms with Gasteiger partial charge in [-0.3, -0.25) is 4.79 Å². The first kappa shape index (κ1) is 15.6. The number of carbonyl (C=O) groups is 1. The fourth-order valence-electron chi connectivity index (χ4n) is 2.07. The predicted octanol–water partition coefficient (Wildman–Crippen LogP) is 3.28. The van der Waals surface area contributed by atoms with E-state index in [0.29, 0.717) is 12.1 Å². The third-order valence-electron chi connectivity index (χ3n) is 3.15. The van der Waals surface area contributed by atoms with Gasteiger partial charge >= 0.3 is 0 Å². The van der Waals surface area contributed by atoms with E-state index < -0.39 is 9.05 Å². The zero-order valence-corrected chi connectivity index (χ0v) is 13.3. The maximum atomic E-state index is 12.5. The van der Waals surface area contributed by atoms with Crippen LogP contribution in [0.3, 0.4) is 0 Å². The molecule has 1 aromatic carbocycles. The van der Waals surface area contributed by atoms with Crippen LogP contribution in [0.5, 0.6) is 0 Å². The average molecular weight is 336 g/mol. The lowest BCUT2D eigenvalue weighted by atomic mass is 10.2. The molecule has 0 N–H and O–H groups in total. The summed E-state index contributed by atoms with van der Waals surface area (Å²) in [6.45, 7) is 2.66. The molecule has 0 spiro atoms. The first-order chi connectivity index (χ1) is 9.34. The minimum atomic E-state index is -3.96. The van der Waals surface area contributed by atoms with E-state index in [1.54, 1.807) is 4.90 Å². The first-order valence-corrected chi connectivity index (χ1v) is 9.08. The number of hydrogen-bond acceptors (Lipinski definition) is 3. The van der Waals surface area contributed by atoms with Gasteiger partial charge in [0, 0.05) is 28.8 Å². The minimum absolute atomic E-state index is 0.0185. The van der Waals surface area contributed by atoms with Crippen molar-refractivity contribution < 1.29 is 13.2 Å². The molecule has 20 heavy (non-hydrogen) atoms. The first-order valence-electron chi connectivity index (χ1n) is 6.39. The Kier molecular flexibility index (Phi) is 4.62. The molecule has 0 bridgehead atoms. The number of benzene rings is 1. The molecule has 1 fully saturated rings. The highest BCUT2D eigenvalue weighted by Gasteiger charge is 2.32. The van der Waals surface area contributed by atoms with Crippen LogP contribution in [0.1, 0.15) is 36.5 Å². The van der Waals surface area contributed by atoms with Crippen LogP contribution >= 0.6 is 22.3 Å². The van der Waals surface area contributed by atoms with Crippen LogP contribution in [-0.2, 0) is 9.05 Å². The molecular formula is C13H15Cl2NO3S. The average Bonchev–Trinajstić information content (AvgIpc) is 3.18. The molecule has 0 atom stereocenters. The molecule has 1 amide bonds. The molecule has 4 nitrogen and oxygen atoms in total. The van der Waals surface area contributed by atoms with Crippen molar-refractivity contribution in [2.75, 3.05) is 6.54 Å². The monoisotopic (exact) mass is 335 g/mol. The molecular weight excluding hydrogens is 321 g/mol. The maximum absolute atomic E-state index is 12.5. The third-order valence-corrected chi connectivity index (χ3v) is 4.96. The van der Waals surface area contributed by atoms with Gasteiger partial charge in [0.15, 0.2) is 0 Å². The summed E-state index contributed by atoms with van der Waals surface area (Å²) in [6, 6.07) is 4.44. The van der Waals surface area contributed by atoms with Gasteiger partial charge in [-0.25, -0.2) is 8.42 Å². The second kappa shape index (κ2) is 5.92.